The molecule has 184 valence electrons. The maximum Gasteiger partial charge on any atom is 0.277 e. The van der Waals surface area contributed by atoms with Gasteiger partial charge in [0.1, 0.15) is 23.3 Å². The first-order chi connectivity index (χ1) is 17.9. The molecule has 37 heavy (non-hydrogen) atoms. The van der Waals surface area contributed by atoms with Crippen LogP contribution in [0.5, 0.6) is 5.75 Å². The number of hydrogen-bond acceptors (Lipinski definition) is 6. The lowest BCUT2D eigenvalue weighted by Crippen LogP contribution is -2.14. The Hall–Kier alpha value is -4.72. The summed E-state index contributed by atoms with van der Waals surface area (Å²) >= 11 is 0. The average molecular weight is 496 g/mol. The highest BCUT2D eigenvalue weighted by Gasteiger charge is 2.26. The summed E-state index contributed by atoms with van der Waals surface area (Å²) in [6.07, 6.45) is 0.902. The number of anilines is 1. The highest BCUT2D eigenvalue weighted by atomic mass is 19.1. The third-order valence-corrected chi connectivity index (χ3v) is 6.40. The highest BCUT2D eigenvalue weighted by Crippen LogP contribution is 2.35. The second-order valence-corrected chi connectivity index (χ2v) is 9.08. The highest BCUT2D eigenvalue weighted by molar-refractivity contribution is 6.18. The molecule has 0 bridgehead atoms. The number of carbonyl (C=O) groups excluding carboxylic acids is 2. The second-order valence-electron chi connectivity index (χ2n) is 9.08. The van der Waals surface area contributed by atoms with Gasteiger partial charge in [-0.2, -0.15) is 0 Å². The van der Waals surface area contributed by atoms with E-state index in [0.717, 1.165) is 29.4 Å². The maximum atomic E-state index is 14.1. The Labute approximate surface area is 210 Å². The summed E-state index contributed by atoms with van der Waals surface area (Å²) in [7, 11) is 0. The van der Waals surface area contributed by atoms with Crippen molar-refractivity contribution in [3.8, 4) is 17.1 Å². The number of hydrogen-bond donors (Lipinski definition) is 1. The van der Waals surface area contributed by atoms with E-state index in [1.54, 1.807) is 31.2 Å². The van der Waals surface area contributed by atoms with Crippen molar-refractivity contribution < 1.29 is 27.7 Å². The van der Waals surface area contributed by atoms with E-state index in [4.69, 9.17) is 13.7 Å². The summed E-state index contributed by atoms with van der Waals surface area (Å²) < 4.78 is 31.1. The van der Waals surface area contributed by atoms with Crippen molar-refractivity contribution in [2.24, 2.45) is 0 Å². The molecular formula is C29H21FN2O5. The fourth-order valence-electron chi connectivity index (χ4n) is 4.47. The van der Waals surface area contributed by atoms with Gasteiger partial charge < -0.3 is 19.0 Å². The SMILES string of the molecule is Cc1ccc(C(=O)c2oc3ccccc3c2NC(=O)c2cc(-c3ccc4c(c3)C[C@H](C)O4)on2)cc1F. The zero-order valence-corrected chi connectivity index (χ0v) is 20.0. The zero-order chi connectivity index (χ0) is 25.7. The third kappa shape index (κ3) is 4.06. The van der Waals surface area contributed by atoms with Gasteiger partial charge in [0, 0.05) is 29.0 Å². The number of aromatic nitrogens is 1. The number of nitrogens with zero attached hydrogens (tertiary/aromatic N) is 1. The summed E-state index contributed by atoms with van der Waals surface area (Å²) in [5.74, 6) is -0.476. The summed E-state index contributed by atoms with van der Waals surface area (Å²) in [6, 6.07) is 18.3. The Balaban J connectivity index is 1.32. The molecule has 0 unspecified atom stereocenters. The van der Waals surface area contributed by atoms with Crippen LogP contribution in [0.15, 0.2) is 75.7 Å². The number of rotatable bonds is 5. The minimum Gasteiger partial charge on any atom is -0.490 e. The molecule has 1 N–H and O–H groups in total. The smallest absolute Gasteiger partial charge is 0.277 e. The van der Waals surface area contributed by atoms with Crippen molar-refractivity contribution in [2.75, 3.05) is 5.32 Å². The quantitative estimate of drug-likeness (QED) is 0.285. The minimum atomic E-state index is -0.580. The second kappa shape index (κ2) is 8.74. The monoisotopic (exact) mass is 496 g/mol. The van der Waals surface area contributed by atoms with E-state index in [9.17, 15) is 14.0 Å². The Morgan fingerprint density at radius 3 is 2.73 bits per heavy atom. The van der Waals surface area contributed by atoms with Crippen molar-refractivity contribution in [3.05, 3.63) is 101 Å². The van der Waals surface area contributed by atoms with E-state index in [1.807, 2.05) is 25.1 Å². The number of para-hydroxylation sites is 1. The van der Waals surface area contributed by atoms with Gasteiger partial charge in [0.2, 0.25) is 5.78 Å². The summed E-state index contributed by atoms with van der Waals surface area (Å²) in [4.78, 5) is 26.4. The van der Waals surface area contributed by atoms with Crippen LogP contribution < -0.4 is 10.1 Å². The first kappa shape index (κ1) is 22.7. The van der Waals surface area contributed by atoms with Gasteiger partial charge in [-0.25, -0.2) is 4.39 Å². The summed E-state index contributed by atoms with van der Waals surface area (Å²) in [6.45, 7) is 3.62. The summed E-state index contributed by atoms with van der Waals surface area (Å²) in [5, 5.41) is 7.21. The van der Waals surface area contributed by atoms with Crippen LogP contribution in [0.3, 0.4) is 0 Å². The van der Waals surface area contributed by atoms with Crippen molar-refractivity contribution in [3.63, 3.8) is 0 Å². The number of fused-ring (bicyclic) bond motifs is 2. The van der Waals surface area contributed by atoms with Gasteiger partial charge in [0.15, 0.2) is 17.2 Å². The molecule has 0 saturated carbocycles. The number of halogens is 1. The van der Waals surface area contributed by atoms with Crippen LogP contribution in [-0.2, 0) is 6.42 Å². The van der Waals surface area contributed by atoms with Gasteiger partial charge in [-0.1, -0.05) is 29.4 Å². The molecule has 1 aliphatic rings. The first-order valence-corrected chi connectivity index (χ1v) is 11.8. The molecule has 0 aliphatic carbocycles. The average Bonchev–Trinajstić information content (AvgIpc) is 3.61. The van der Waals surface area contributed by atoms with Gasteiger partial charge in [0.05, 0.1) is 5.69 Å². The van der Waals surface area contributed by atoms with Gasteiger partial charge in [-0.3, -0.25) is 9.59 Å². The van der Waals surface area contributed by atoms with E-state index in [1.165, 1.54) is 18.2 Å². The van der Waals surface area contributed by atoms with Gasteiger partial charge >= 0.3 is 0 Å². The number of amides is 1. The molecule has 0 fully saturated rings. The van der Waals surface area contributed by atoms with E-state index in [-0.39, 0.29) is 28.8 Å². The molecule has 1 atom stereocenters. The van der Waals surface area contributed by atoms with Crippen molar-refractivity contribution in [2.45, 2.75) is 26.4 Å². The topological polar surface area (TPSA) is 94.6 Å². The van der Waals surface area contributed by atoms with E-state index >= 15 is 0 Å². The summed E-state index contributed by atoms with van der Waals surface area (Å²) in [5.41, 5.74) is 2.98. The number of carbonyl (C=O) groups is 2. The zero-order valence-electron chi connectivity index (χ0n) is 20.0. The number of ketones is 1. The Morgan fingerprint density at radius 2 is 1.89 bits per heavy atom. The van der Waals surface area contributed by atoms with Crippen LogP contribution in [0.4, 0.5) is 10.1 Å². The molecule has 0 saturated heterocycles. The Morgan fingerprint density at radius 1 is 1.05 bits per heavy atom. The predicted octanol–water partition coefficient (Wildman–Crippen LogP) is 6.34. The molecule has 3 heterocycles. The molecule has 2 aromatic heterocycles. The number of ether oxygens (including phenoxy) is 1. The van der Waals surface area contributed by atoms with Crippen molar-refractivity contribution in [1.82, 2.24) is 5.16 Å². The molecule has 6 rings (SSSR count). The van der Waals surface area contributed by atoms with Crippen molar-refractivity contribution >= 4 is 28.3 Å². The van der Waals surface area contributed by atoms with E-state index in [0.29, 0.717) is 22.3 Å². The van der Waals surface area contributed by atoms with E-state index in [2.05, 4.69) is 10.5 Å². The molecule has 1 amide bonds. The molecular weight excluding hydrogens is 475 g/mol. The number of furan rings is 1. The normalized spacial score (nSPS) is 14.4. The molecule has 3 aromatic carbocycles. The van der Waals surface area contributed by atoms with Crippen LogP contribution in [-0.4, -0.2) is 23.0 Å². The maximum absolute atomic E-state index is 14.1. The van der Waals surface area contributed by atoms with Gasteiger partial charge in [-0.15, -0.1) is 0 Å². The van der Waals surface area contributed by atoms with Crippen LogP contribution in [0, 0.1) is 12.7 Å². The van der Waals surface area contributed by atoms with Gasteiger partial charge in [0.25, 0.3) is 5.91 Å². The fraction of sp³-hybridized carbons (Fsp3) is 0.138. The molecule has 7 nitrogen and oxygen atoms in total. The van der Waals surface area contributed by atoms with E-state index < -0.39 is 17.5 Å². The Kier molecular flexibility index (Phi) is 5.37. The molecule has 0 spiro atoms. The predicted molar refractivity (Wildman–Crippen MR) is 134 cm³/mol. The molecule has 1 aliphatic heterocycles. The lowest BCUT2D eigenvalue weighted by atomic mass is 10.0. The van der Waals surface area contributed by atoms with Crippen LogP contribution >= 0.6 is 0 Å². The minimum absolute atomic E-state index is 0.0326. The standard InChI is InChI=1S/C29H21FN2O5/c1-15-7-8-18(13-21(15)30)27(33)28-26(20-5-3-4-6-24(20)36-28)31-29(34)22-14-25(37-32-22)17-9-10-23-19(12-17)11-16(2)35-23/h3-10,12-14,16H,11H2,1-2H3,(H,31,34)/t16-/m0/s1. The number of nitrogens with one attached hydrogen (secondary N) is 1. The largest absolute Gasteiger partial charge is 0.490 e. The lowest BCUT2D eigenvalue weighted by molar-refractivity contribution is 0.101. The molecule has 8 heteroatoms. The molecule has 5 aromatic rings. The molecule has 0 radical (unpaired) electrons. The number of aryl methyl sites for hydroxylation is 1. The van der Waals surface area contributed by atoms with Crippen LogP contribution in [0.1, 0.15) is 44.7 Å². The number of benzene rings is 3. The van der Waals surface area contributed by atoms with Crippen LogP contribution in [0.25, 0.3) is 22.3 Å². The van der Waals surface area contributed by atoms with Crippen molar-refractivity contribution in [1.29, 1.82) is 0 Å². The first-order valence-electron chi connectivity index (χ1n) is 11.8. The van der Waals surface area contributed by atoms with Crippen LogP contribution in [0.2, 0.25) is 0 Å². The third-order valence-electron chi connectivity index (χ3n) is 6.40. The lowest BCUT2D eigenvalue weighted by Gasteiger charge is -2.05. The Bertz CT molecular complexity index is 1700. The van der Waals surface area contributed by atoms with Gasteiger partial charge in [-0.05, 0) is 61.4 Å². The fourth-order valence-corrected chi connectivity index (χ4v) is 4.47.